The second-order valence-electron chi connectivity index (χ2n) is 5.51. The van der Waals surface area contributed by atoms with Gasteiger partial charge in [-0.25, -0.2) is 4.79 Å². The zero-order chi connectivity index (χ0) is 13.2. The highest BCUT2D eigenvalue weighted by atomic mass is 16.6. The normalized spacial score (nSPS) is 22.4. The van der Waals surface area contributed by atoms with Gasteiger partial charge in [-0.1, -0.05) is 0 Å². The summed E-state index contributed by atoms with van der Waals surface area (Å²) in [4.78, 5) is 24.4. The zero-order valence-corrected chi connectivity index (χ0v) is 10.9. The SMILES string of the molecule is C[C@@H](C(=O)O)[C@@H]1CCCN1C(=O)OC(C)(C)C. The summed E-state index contributed by atoms with van der Waals surface area (Å²) in [6, 6.07) is -0.248. The molecular weight excluding hydrogens is 222 g/mol. The van der Waals surface area contributed by atoms with E-state index in [0.717, 1.165) is 12.8 Å². The van der Waals surface area contributed by atoms with Crippen molar-refractivity contribution in [2.24, 2.45) is 5.92 Å². The van der Waals surface area contributed by atoms with E-state index in [-0.39, 0.29) is 6.04 Å². The predicted octanol–water partition coefficient (Wildman–Crippen LogP) is 2.11. The van der Waals surface area contributed by atoms with E-state index in [4.69, 9.17) is 9.84 Å². The molecule has 1 heterocycles. The molecule has 1 aliphatic heterocycles. The van der Waals surface area contributed by atoms with Gasteiger partial charge in [-0.3, -0.25) is 4.79 Å². The average molecular weight is 243 g/mol. The van der Waals surface area contributed by atoms with Crippen LogP contribution in [-0.2, 0) is 9.53 Å². The van der Waals surface area contributed by atoms with Crippen molar-refractivity contribution in [3.8, 4) is 0 Å². The lowest BCUT2D eigenvalue weighted by molar-refractivity contribution is -0.142. The summed E-state index contributed by atoms with van der Waals surface area (Å²) < 4.78 is 5.28. The summed E-state index contributed by atoms with van der Waals surface area (Å²) in [6.45, 7) is 7.62. The molecule has 17 heavy (non-hydrogen) atoms. The molecule has 0 bridgehead atoms. The highest BCUT2D eigenvalue weighted by molar-refractivity contribution is 5.73. The van der Waals surface area contributed by atoms with Gasteiger partial charge in [0, 0.05) is 12.6 Å². The van der Waals surface area contributed by atoms with Crippen LogP contribution in [0.15, 0.2) is 0 Å². The van der Waals surface area contributed by atoms with Crippen LogP contribution in [0.3, 0.4) is 0 Å². The molecule has 0 aromatic heterocycles. The number of ether oxygens (including phenoxy) is 1. The Morgan fingerprint density at radius 1 is 1.41 bits per heavy atom. The summed E-state index contributed by atoms with van der Waals surface area (Å²) in [5.74, 6) is -1.42. The highest BCUT2D eigenvalue weighted by Crippen LogP contribution is 2.26. The first-order chi connectivity index (χ1) is 7.72. The van der Waals surface area contributed by atoms with Gasteiger partial charge in [0.15, 0.2) is 0 Å². The molecule has 0 aliphatic carbocycles. The molecule has 0 aromatic rings. The Hall–Kier alpha value is -1.26. The molecule has 0 unspecified atom stereocenters. The van der Waals surface area contributed by atoms with Crippen LogP contribution in [0, 0.1) is 5.92 Å². The van der Waals surface area contributed by atoms with Crippen LogP contribution in [0.25, 0.3) is 0 Å². The Balaban J connectivity index is 2.69. The summed E-state index contributed by atoms with van der Waals surface area (Å²) in [6.07, 6.45) is 1.15. The maximum absolute atomic E-state index is 11.9. The second-order valence-corrected chi connectivity index (χ2v) is 5.51. The van der Waals surface area contributed by atoms with E-state index in [2.05, 4.69) is 0 Å². The van der Waals surface area contributed by atoms with Gasteiger partial charge in [0.1, 0.15) is 5.60 Å². The third-order valence-electron chi connectivity index (χ3n) is 2.89. The maximum Gasteiger partial charge on any atom is 0.410 e. The Labute approximate surface area is 102 Å². The molecule has 5 nitrogen and oxygen atoms in total. The van der Waals surface area contributed by atoms with Gasteiger partial charge in [0.2, 0.25) is 0 Å². The van der Waals surface area contributed by atoms with Crippen LogP contribution < -0.4 is 0 Å². The molecule has 1 amide bonds. The number of carboxylic acids is 1. The third-order valence-corrected chi connectivity index (χ3v) is 2.89. The maximum atomic E-state index is 11.9. The minimum Gasteiger partial charge on any atom is -0.481 e. The van der Waals surface area contributed by atoms with Crippen LogP contribution in [0.2, 0.25) is 0 Å². The number of carbonyl (C=O) groups excluding carboxylic acids is 1. The number of rotatable bonds is 2. The van der Waals surface area contributed by atoms with Gasteiger partial charge in [0.05, 0.1) is 5.92 Å². The summed E-state index contributed by atoms with van der Waals surface area (Å²) in [5, 5.41) is 9.00. The summed E-state index contributed by atoms with van der Waals surface area (Å²) >= 11 is 0. The van der Waals surface area contributed by atoms with E-state index in [1.54, 1.807) is 32.6 Å². The molecular formula is C12H21NO4. The zero-order valence-electron chi connectivity index (χ0n) is 10.9. The lowest BCUT2D eigenvalue weighted by Crippen LogP contribution is -2.44. The van der Waals surface area contributed by atoms with Crippen molar-refractivity contribution in [3.63, 3.8) is 0 Å². The predicted molar refractivity (Wildman–Crippen MR) is 62.8 cm³/mol. The first kappa shape index (κ1) is 13.8. The number of hydrogen-bond donors (Lipinski definition) is 1. The van der Waals surface area contributed by atoms with Crippen molar-refractivity contribution in [3.05, 3.63) is 0 Å². The lowest BCUT2D eigenvalue weighted by atomic mass is 10.0. The fourth-order valence-electron chi connectivity index (χ4n) is 2.02. The van der Waals surface area contributed by atoms with E-state index < -0.39 is 23.6 Å². The number of amides is 1. The van der Waals surface area contributed by atoms with Crippen LogP contribution in [0.1, 0.15) is 40.5 Å². The minimum absolute atomic E-state index is 0.248. The van der Waals surface area contributed by atoms with Crippen molar-refractivity contribution < 1.29 is 19.4 Å². The monoisotopic (exact) mass is 243 g/mol. The fourth-order valence-corrected chi connectivity index (χ4v) is 2.02. The Bertz CT molecular complexity index is 308. The Morgan fingerprint density at radius 3 is 2.47 bits per heavy atom. The van der Waals surface area contributed by atoms with Gasteiger partial charge >= 0.3 is 12.1 Å². The van der Waals surface area contributed by atoms with Crippen LogP contribution in [-0.4, -0.2) is 40.3 Å². The number of aliphatic carboxylic acids is 1. The van der Waals surface area contributed by atoms with E-state index in [0.29, 0.717) is 6.54 Å². The summed E-state index contributed by atoms with van der Waals surface area (Å²) in [7, 11) is 0. The van der Waals surface area contributed by atoms with Crippen LogP contribution in [0.4, 0.5) is 4.79 Å². The number of carboxylic acid groups (broad SMARTS) is 1. The van der Waals surface area contributed by atoms with Gasteiger partial charge in [-0.15, -0.1) is 0 Å². The minimum atomic E-state index is -0.870. The molecule has 2 atom stereocenters. The van der Waals surface area contributed by atoms with Gasteiger partial charge in [-0.2, -0.15) is 0 Å². The van der Waals surface area contributed by atoms with E-state index in [1.807, 2.05) is 0 Å². The molecule has 0 radical (unpaired) electrons. The highest BCUT2D eigenvalue weighted by Gasteiger charge is 2.37. The molecule has 1 fully saturated rings. The van der Waals surface area contributed by atoms with Crippen molar-refractivity contribution in [1.82, 2.24) is 4.90 Å². The van der Waals surface area contributed by atoms with Crippen molar-refractivity contribution in [2.45, 2.75) is 52.2 Å². The molecule has 0 saturated carbocycles. The topological polar surface area (TPSA) is 66.8 Å². The number of likely N-dealkylation sites (tertiary alicyclic amines) is 1. The Morgan fingerprint density at radius 2 is 2.00 bits per heavy atom. The first-order valence-corrected chi connectivity index (χ1v) is 5.95. The molecule has 1 saturated heterocycles. The third kappa shape index (κ3) is 3.61. The number of carbonyl (C=O) groups is 2. The van der Waals surface area contributed by atoms with E-state index >= 15 is 0 Å². The van der Waals surface area contributed by atoms with Crippen LogP contribution in [0.5, 0.6) is 0 Å². The molecule has 1 aliphatic rings. The molecule has 98 valence electrons. The number of nitrogens with zero attached hydrogens (tertiary/aromatic N) is 1. The Kier molecular flexibility index (Phi) is 4.01. The molecule has 5 heteroatoms. The van der Waals surface area contributed by atoms with Crippen molar-refractivity contribution in [2.75, 3.05) is 6.54 Å². The van der Waals surface area contributed by atoms with E-state index in [1.165, 1.54) is 0 Å². The average Bonchev–Trinajstić information content (AvgIpc) is 2.61. The molecule has 1 rings (SSSR count). The molecule has 0 spiro atoms. The largest absolute Gasteiger partial charge is 0.481 e. The molecule has 0 aromatic carbocycles. The smallest absolute Gasteiger partial charge is 0.410 e. The van der Waals surface area contributed by atoms with Gasteiger partial charge < -0.3 is 14.7 Å². The molecule has 1 N–H and O–H groups in total. The van der Waals surface area contributed by atoms with Crippen molar-refractivity contribution in [1.29, 1.82) is 0 Å². The quantitative estimate of drug-likeness (QED) is 0.806. The fraction of sp³-hybridized carbons (Fsp3) is 0.833. The van der Waals surface area contributed by atoms with E-state index in [9.17, 15) is 9.59 Å². The van der Waals surface area contributed by atoms with Crippen LogP contribution >= 0.6 is 0 Å². The second kappa shape index (κ2) is 4.94. The summed E-state index contributed by atoms with van der Waals surface area (Å²) in [5.41, 5.74) is -0.545. The van der Waals surface area contributed by atoms with Crippen molar-refractivity contribution >= 4 is 12.1 Å². The van der Waals surface area contributed by atoms with Gasteiger partial charge in [-0.05, 0) is 40.5 Å². The standard InChI is InChI=1S/C12H21NO4/c1-8(10(14)15)9-6-5-7-13(9)11(16)17-12(2,3)4/h8-9H,5-7H2,1-4H3,(H,14,15)/t8-,9+/m1/s1. The number of hydrogen-bond acceptors (Lipinski definition) is 3. The first-order valence-electron chi connectivity index (χ1n) is 5.95. The lowest BCUT2D eigenvalue weighted by Gasteiger charge is -2.30. The van der Waals surface area contributed by atoms with Gasteiger partial charge in [0.25, 0.3) is 0 Å².